The molecule has 5 nitrogen and oxygen atoms in total. The molecule has 1 saturated heterocycles. The van der Waals surface area contributed by atoms with Crippen LogP contribution in [0.1, 0.15) is 45.1 Å². The summed E-state index contributed by atoms with van der Waals surface area (Å²) in [5.41, 5.74) is 1.13. The van der Waals surface area contributed by atoms with Crippen LogP contribution in [0, 0.1) is 17.8 Å². The van der Waals surface area contributed by atoms with Crippen molar-refractivity contribution in [2.45, 2.75) is 52.1 Å². The van der Waals surface area contributed by atoms with Gasteiger partial charge in [0.05, 0.1) is 0 Å². The van der Waals surface area contributed by atoms with Crippen molar-refractivity contribution >= 4 is 18.3 Å². The quantitative estimate of drug-likeness (QED) is 0.829. The first-order valence-electron chi connectivity index (χ1n) is 10.0. The number of halogens is 1. The fourth-order valence-corrected chi connectivity index (χ4v) is 4.30. The Balaban J connectivity index is 0.00000210. The van der Waals surface area contributed by atoms with E-state index in [1.165, 1.54) is 12.8 Å². The topological polar surface area (TPSA) is 50.8 Å². The highest BCUT2D eigenvalue weighted by molar-refractivity contribution is 5.85. The van der Waals surface area contributed by atoms with Crippen molar-refractivity contribution in [3.05, 3.63) is 23.8 Å². The van der Waals surface area contributed by atoms with Crippen LogP contribution in [0.15, 0.2) is 18.2 Å². The number of nitrogens with zero attached hydrogens (tertiary/aromatic N) is 1. The summed E-state index contributed by atoms with van der Waals surface area (Å²) in [7, 11) is 0. The van der Waals surface area contributed by atoms with Gasteiger partial charge in [-0.2, -0.15) is 0 Å². The highest BCUT2D eigenvalue weighted by atomic mass is 35.5. The zero-order valence-electron chi connectivity index (χ0n) is 16.3. The number of benzene rings is 1. The third-order valence-electron chi connectivity index (χ3n) is 6.41. The number of rotatable bonds is 5. The van der Waals surface area contributed by atoms with E-state index in [0.717, 1.165) is 48.9 Å². The van der Waals surface area contributed by atoms with E-state index in [2.05, 4.69) is 30.1 Å². The Hall–Kier alpha value is -1.46. The fourth-order valence-electron chi connectivity index (χ4n) is 4.30. The van der Waals surface area contributed by atoms with E-state index in [4.69, 9.17) is 9.47 Å². The molecule has 1 amide bonds. The van der Waals surface area contributed by atoms with Crippen LogP contribution >= 0.6 is 12.4 Å². The van der Waals surface area contributed by atoms with Gasteiger partial charge in [-0.3, -0.25) is 4.79 Å². The van der Waals surface area contributed by atoms with E-state index in [0.29, 0.717) is 24.4 Å². The zero-order chi connectivity index (χ0) is 18.1. The van der Waals surface area contributed by atoms with E-state index >= 15 is 0 Å². The Morgan fingerprint density at radius 3 is 2.56 bits per heavy atom. The summed E-state index contributed by atoms with van der Waals surface area (Å²) in [6.07, 6.45) is 4.67. The van der Waals surface area contributed by atoms with E-state index in [9.17, 15) is 4.79 Å². The second-order valence-corrected chi connectivity index (χ2v) is 8.27. The number of ether oxygens (including phenoxy) is 2. The molecule has 0 spiro atoms. The van der Waals surface area contributed by atoms with Crippen LogP contribution in [0.3, 0.4) is 0 Å². The normalized spacial score (nSPS) is 25.3. The Morgan fingerprint density at radius 2 is 1.89 bits per heavy atom. The van der Waals surface area contributed by atoms with Crippen LogP contribution in [-0.2, 0) is 11.3 Å². The van der Waals surface area contributed by atoms with Gasteiger partial charge in [0.1, 0.15) is 0 Å². The maximum Gasteiger partial charge on any atom is 0.231 e. The summed E-state index contributed by atoms with van der Waals surface area (Å²) in [6, 6.07) is 6.42. The van der Waals surface area contributed by atoms with Crippen LogP contribution in [0.4, 0.5) is 0 Å². The summed E-state index contributed by atoms with van der Waals surface area (Å²) in [4.78, 5) is 15.5. The molecule has 3 aliphatic rings. The van der Waals surface area contributed by atoms with Crippen molar-refractivity contribution < 1.29 is 14.3 Å². The molecule has 1 N–H and O–H groups in total. The van der Waals surface area contributed by atoms with E-state index < -0.39 is 0 Å². The summed E-state index contributed by atoms with van der Waals surface area (Å²) in [5.74, 6) is 3.25. The van der Waals surface area contributed by atoms with Crippen LogP contribution in [0.25, 0.3) is 0 Å². The van der Waals surface area contributed by atoms with Gasteiger partial charge >= 0.3 is 0 Å². The third kappa shape index (κ3) is 4.35. The zero-order valence-corrected chi connectivity index (χ0v) is 17.1. The van der Waals surface area contributed by atoms with Gasteiger partial charge in [-0.05, 0) is 68.3 Å². The maximum absolute atomic E-state index is 13.3. The predicted molar refractivity (Wildman–Crippen MR) is 107 cm³/mol. The van der Waals surface area contributed by atoms with Crippen LogP contribution in [-0.4, -0.2) is 36.7 Å². The van der Waals surface area contributed by atoms with E-state index in [-0.39, 0.29) is 25.1 Å². The molecule has 1 saturated carbocycles. The minimum Gasteiger partial charge on any atom is -0.454 e. The van der Waals surface area contributed by atoms with Gasteiger partial charge in [0, 0.05) is 18.5 Å². The molecule has 1 atom stereocenters. The monoisotopic (exact) mass is 394 g/mol. The van der Waals surface area contributed by atoms with Gasteiger partial charge in [0.2, 0.25) is 12.7 Å². The third-order valence-corrected chi connectivity index (χ3v) is 6.41. The molecule has 0 radical (unpaired) electrons. The molecule has 4 rings (SSSR count). The summed E-state index contributed by atoms with van der Waals surface area (Å²) < 4.78 is 10.9. The second-order valence-electron chi connectivity index (χ2n) is 8.27. The van der Waals surface area contributed by atoms with Gasteiger partial charge in [-0.1, -0.05) is 19.9 Å². The van der Waals surface area contributed by atoms with Gasteiger partial charge in [0.25, 0.3) is 0 Å². The smallest absolute Gasteiger partial charge is 0.231 e. The maximum atomic E-state index is 13.3. The molecule has 27 heavy (non-hydrogen) atoms. The Kier molecular flexibility index (Phi) is 6.53. The molecule has 2 fully saturated rings. The standard InChI is InChI=1S/C21H30N2O3.ClH/c1-14-3-6-18(7-4-14)23(21(24)15(2)17-10-22-11-17)12-16-5-8-19-20(9-16)26-13-25-19;/h5,8-9,14-15,17-18,22H,3-4,6-7,10-13H2,1-2H3;1H. The molecule has 6 heteroatoms. The first kappa shape index (κ1) is 20.3. The van der Waals surface area contributed by atoms with Gasteiger partial charge < -0.3 is 19.7 Å². The van der Waals surface area contributed by atoms with Crippen molar-refractivity contribution in [2.75, 3.05) is 19.9 Å². The minimum absolute atomic E-state index is 0. The number of hydrogen-bond donors (Lipinski definition) is 1. The van der Waals surface area contributed by atoms with Crippen molar-refractivity contribution in [1.29, 1.82) is 0 Å². The molecular formula is C21H31ClN2O3. The van der Waals surface area contributed by atoms with Crippen LogP contribution in [0.5, 0.6) is 11.5 Å². The van der Waals surface area contributed by atoms with Crippen molar-refractivity contribution in [2.24, 2.45) is 17.8 Å². The Morgan fingerprint density at radius 1 is 1.19 bits per heavy atom. The summed E-state index contributed by atoms with van der Waals surface area (Å²) in [5, 5.41) is 3.30. The second kappa shape index (κ2) is 8.70. The number of hydrogen-bond acceptors (Lipinski definition) is 4. The number of carbonyl (C=O) groups excluding carboxylic acids is 1. The number of nitrogens with one attached hydrogen (secondary N) is 1. The summed E-state index contributed by atoms with van der Waals surface area (Å²) in [6.45, 7) is 7.31. The highest BCUT2D eigenvalue weighted by Crippen LogP contribution is 2.35. The van der Waals surface area contributed by atoms with Gasteiger partial charge in [-0.15, -0.1) is 12.4 Å². The van der Waals surface area contributed by atoms with Crippen molar-refractivity contribution in [3.63, 3.8) is 0 Å². The number of amides is 1. The van der Waals surface area contributed by atoms with E-state index in [1.54, 1.807) is 0 Å². The largest absolute Gasteiger partial charge is 0.454 e. The Labute approximate surface area is 168 Å². The molecule has 150 valence electrons. The van der Waals surface area contributed by atoms with Gasteiger partial charge in [0.15, 0.2) is 11.5 Å². The fraction of sp³-hybridized carbons (Fsp3) is 0.667. The number of fused-ring (bicyclic) bond motifs is 1. The molecule has 2 aliphatic heterocycles. The molecule has 0 aromatic heterocycles. The lowest BCUT2D eigenvalue weighted by Gasteiger charge is -2.40. The van der Waals surface area contributed by atoms with Crippen molar-refractivity contribution in [1.82, 2.24) is 10.2 Å². The molecule has 1 unspecified atom stereocenters. The molecule has 1 aromatic carbocycles. The first-order chi connectivity index (χ1) is 12.6. The molecule has 1 aliphatic carbocycles. The van der Waals surface area contributed by atoms with Crippen LogP contribution < -0.4 is 14.8 Å². The minimum atomic E-state index is 0. The lowest BCUT2D eigenvalue weighted by Crippen LogP contribution is -2.52. The molecule has 0 bridgehead atoms. The predicted octanol–water partition coefficient (Wildman–Crippen LogP) is 3.60. The van der Waals surface area contributed by atoms with E-state index in [1.807, 2.05) is 12.1 Å². The lowest BCUT2D eigenvalue weighted by atomic mass is 9.84. The van der Waals surface area contributed by atoms with Crippen LogP contribution in [0.2, 0.25) is 0 Å². The highest BCUT2D eigenvalue weighted by Gasteiger charge is 2.35. The SMILES string of the molecule is CC1CCC(N(Cc2ccc3c(c2)OCO3)C(=O)C(C)C2CNC2)CC1.Cl. The average Bonchev–Trinajstić information content (AvgIpc) is 3.06. The molecule has 1 aromatic rings. The first-order valence-corrected chi connectivity index (χ1v) is 10.0. The average molecular weight is 395 g/mol. The Bertz CT molecular complexity index is 657. The number of carbonyl (C=O) groups is 1. The van der Waals surface area contributed by atoms with Gasteiger partial charge in [-0.25, -0.2) is 0 Å². The lowest BCUT2D eigenvalue weighted by molar-refractivity contribution is -0.141. The van der Waals surface area contributed by atoms with Crippen molar-refractivity contribution in [3.8, 4) is 11.5 Å². The molecular weight excluding hydrogens is 364 g/mol. The molecule has 2 heterocycles. The summed E-state index contributed by atoms with van der Waals surface area (Å²) >= 11 is 0.